The molecule has 0 aromatic heterocycles. The van der Waals surface area contributed by atoms with E-state index in [2.05, 4.69) is 5.32 Å². The average Bonchev–Trinajstić information content (AvgIpc) is 3.03. The van der Waals surface area contributed by atoms with Gasteiger partial charge in [-0.2, -0.15) is 0 Å². The summed E-state index contributed by atoms with van der Waals surface area (Å²) >= 11 is 0. The lowest BCUT2D eigenvalue weighted by atomic mass is 10.1. The third-order valence-electron chi connectivity index (χ3n) is 5.67. The molecule has 1 unspecified atom stereocenters. The Morgan fingerprint density at radius 2 is 1.88 bits per heavy atom. The molecule has 2 aromatic rings. The molecule has 0 spiro atoms. The summed E-state index contributed by atoms with van der Waals surface area (Å²) in [6, 6.07) is 12.0. The second-order valence-corrected chi connectivity index (χ2v) is 9.84. The van der Waals surface area contributed by atoms with Gasteiger partial charge in [-0.25, -0.2) is 12.7 Å². The second kappa shape index (κ2) is 10.7. The van der Waals surface area contributed by atoms with Gasteiger partial charge in [0.15, 0.2) is 0 Å². The molecule has 182 valence electrons. The first-order chi connectivity index (χ1) is 16.2. The van der Waals surface area contributed by atoms with Crippen molar-refractivity contribution in [3.05, 3.63) is 59.7 Å². The zero-order valence-corrected chi connectivity index (χ0v) is 20.3. The molecule has 0 fully saturated rings. The summed E-state index contributed by atoms with van der Waals surface area (Å²) in [6.07, 6.45) is 1.69. The van der Waals surface area contributed by atoms with Gasteiger partial charge in [0.05, 0.1) is 12.7 Å². The Labute approximate surface area is 199 Å². The van der Waals surface area contributed by atoms with Crippen LogP contribution < -0.4 is 10.1 Å². The summed E-state index contributed by atoms with van der Waals surface area (Å²) in [4.78, 5) is 40.1. The first-order valence-electron chi connectivity index (χ1n) is 11.1. The van der Waals surface area contributed by atoms with Crippen molar-refractivity contribution in [3.8, 4) is 5.75 Å². The molecule has 2 aromatic carbocycles. The zero-order chi connectivity index (χ0) is 24.9. The van der Waals surface area contributed by atoms with Gasteiger partial charge in [0.1, 0.15) is 23.2 Å². The maximum absolute atomic E-state index is 13.4. The van der Waals surface area contributed by atoms with Gasteiger partial charge in [-0.15, -0.1) is 0 Å². The van der Waals surface area contributed by atoms with Crippen molar-refractivity contribution < 1.29 is 27.5 Å². The molecule has 10 heteroatoms. The van der Waals surface area contributed by atoms with E-state index < -0.39 is 34.4 Å². The van der Waals surface area contributed by atoms with E-state index in [0.717, 1.165) is 12.8 Å². The molecule has 34 heavy (non-hydrogen) atoms. The number of benzene rings is 2. The number of amides is 3. The minimum absolute atomic E-state index is 0.0278. The molecule has 1 aliphatic rings. The number of rotatable bonds is 10. The number of unbranched alkanes of at least 4 members (excludes halogenated alkanes) is 1. The van der Waals surface area contributed by atoms with E-state index in [1.54, 1.807) is 37.3 Å². The van der Waals surface area contributed by atoms with Crippen molar-refractivity contribution in [2.45, 2.75) is 44.2 Å². The molecule has 0 aliphatic carbocycles. The first-order valence-corrected chi connectivity index (χ1v) is 12.5. The van der Waals surface area contributed by atoms with Crippen molar-refractivity contribution in [1.82, 2.24) is 14.5 Å². The van der Waals surface area contributed by atoms with Gasteiger partial charge in [-0.05, 0) is 43.2 Å². The fourth-order valence-electron chi connectivity index (χ4n) is 3.69. The van der Waals surface area contributed by atoms with E-state index >= 15 is 0 Å². The summed E-state index contributed by atoms with van der Waals surface area (Å²) < 4.78 is 31.6. The minimum atomic E-state index is -4.16. The number of sulfonamides is 1. The maximum atomic E-state index is 13.4. The summed E-state index contributed by atoms with van der Waals surface area (Å²) in [5.74, 6) is -1.20. The molecule has 9 nitrogen and oxygen atoms in total. The Bertz CT molecular complexity index is 1180. The molecule has 0 radical (unpaired) electrons. The molecule has 1 N–H and O–H groups in total. The lowest BCUT2D eigenvalue weighted by molar-refractivity contribution is -0.140. The highest BCUT2D eigenvalue weighted by molar-refractivity contribution is 7.90. The Morgan fingerprint density at radius 3 is 2.56 bits per heavy atom. The van der Waals surface area contributed by atoms with Crippen LogP contribution in [-0.4, -0.2) is 61.6 Å². The fourth-order valence-corrected chi connectivity index (χ4v) is 5.21. The van der Waals surface area contributed by atoms with Gasteiger partial charge < -0.3 is 15.0 Å². The third-order valence-corrected chi connectivity index (χ3v) is 7.46. The Morgan fingerprint density at radius 1 is 1.15 bits per heavy atom. The van der Waals surface area contributed by atoms with Crippen LogP contribution in [-0.2, 0) is 26.2 Å². The molecule has 3 amide bonds. The van der Waals surface area contributed by atoms with E-state index in [1.807, 2.05) is 6.92 Å². The van der Waals surface area contributed by atoms with Crippen LogP contribution in [0.1, 0.15) is 42.6 Å². The van der Waals surface area contributed by atoms with Crippen molar-refractivity contribution >= 4 is 27.7 Å². The number of methoxy groups -OCH3 is 1. The number of hydrogen-bond acceptors (Lipinski definition) is 6. The van der Waals surface area contributed by atoms with Crippen molar-refractivity contribution in [2.75, 3.05) is 20.2 Å². The van der Waals surface area contributed by atoms with Crippen LogP contribution in [0, 0.1) is 0 Å². The van der Waals surface area contributed by atoms with Crippen molar-refractivity contribution in [2.24, 2.45) is 0 Å². The number of nitrogens with one attached hydrogen (secondary N) is 1. The largest absolute Gasteiger partial charge is 0.497 e. The summed E-state index contributed by atoms with van der Waals surface area (Å²) in [6.45, 7) is 3.38. The molecule has 3 rings (SSSR count). The highest BCUT2D eigenvalue weighted by Crippen LogP contribution is 2.30. The summed E-state index contributed by atoms with van der Waals surface area (Å²) in [5, 5.41) is 2.80. The molecule has 1 aliphatic heterocycles. The number of fused-ring (bicyclic) bond motifs is 1. The predicted octanol–water partition coefficient (Wildman–Crippen LogP) is 2.17. The molecular formula is C24H29N3O6S. The molecule has 0 bridgehead atoms. The smallest absolute Gasteiger partial charge is 0.269 e. The molecule has 0 saturated heterocycles. The second-order valence-electron chi connectivity index (χ2n) is 8.01. The van der Waals surface area contributed by atoms with E-state index in [0.29, 0.717) is 22.2 Å². The van der Waals surface area contributed by atoms with Gasteiger partial charge >= 0.3 is 0 Å². The van der Waals surface area contributed by atoms with Crippen LogP contribution in [0.4, 0.5) is 0 Å². The fraction of sp³-hybridized carbons (Fsp3) is 0.375. The number of nitrogens with zero attached hydrogens (tertiary/aromatic N) is 2. The standard InChI is InChI=1S/C24H29N3O6S/c1-4-5-13-25-23(29)17(2)26(15-18-9-8-10-19(14-18)33-3)22(28)16-27-24(30)20-11-6-7-12-21(20)34(27,31)32/h6-12,14,17H,4-5,13,15-16H2,1-3H3,(H,25,29). The first kappa shape index (κ1) is 25.2. The van der Waals surface area contributed by atoms with E-state index in [9.17, 15) is 22.8 Å². The number of ether oxygens (including phenoxy) is 1. The highest BCUT2D eigenvalue weighted by atomic mass is 32.2. The van der Waals surface area contributed by atoms with Crippen molar-refractivity contribution in [1.29, 1.82) is 0 Å². The van der Waals surface area contributed by atoms with E-state index in [-0.39, 0.29) is 22.9 Å². The van der Waals surface area contributed by atoms with E-state index in [1.165, 1.54) is 30.2 Å². The minimum Gasteiger partial charge on any atom is -0.497 e. The van der Waals surface area contributed by atoms with Crippen LogP contribution in [0.2, 0.25) is 0 Å². The van der Waals surface area contributed by atoms with Gasteiger partial charge in [-0.3, -0.25) is 14.4 Å². The van der Waals surface area contributed by atoms with Crippen LogP contribution in [0.3, 0.4) is 0 Å². The normalized spacial score (nSPS) is 14.9. The van der Waals surface area contributed by atoms with E-state index in [4.69, 9.17) is 4.74 Å². The SMILES string of the molecule is CCCCNC(=O)C(C)N(Cc1cccc(OC)c1)C(=O)CN1C(=O)c2ccccc2S1(=O)=O. The monoisotopic (exact) mass is 487 g/mol. The Hall–Kier alpha value is -3.40. The summed E-state index contributed by atoms with van der Waals surface area (Å²) in [7, 11) is -2.63. The quantitative estimate of drug-likeness (QED) is 0.514. The van der Waals surface area contributed by atoms with Crippen LogP contribution >= 0.6 is 0 Å². The van der Waals surface area contributed by atoms with Crippen LogP contribution in [0.15, 0.2) is 53.4 Å². The van der Waals surface area contributed by atoms with Gasteiger partial charge in [0.2, 0.25) is 11.8 Å². The number of carbonyl (C=O) groups excluding carboxylic acids is 3. The van der Waals surface area contributed by atoms with Gasteiger partial charge in [0.25, 0.3) is 15.9 Å². The summed E-state index contributed by atoms with van der Waals surface area (Å²) in [5.41, 5.74) is 0.722. The predicted molar refractivity (Wildman–Crippen MR) is 126 cm³/mol. The van der Waals surface area contributed by atoms with Gasteiger partial charge in [-0.1, -0.05) is 37.6 Å². The molecule has 1 atom stereocenters. The van der Waals surface area contributed by atoms with Crippen LogP contribution in [0.5, 0.6) is 5.75 Å². The molecular weight excluding hydrogens is 458 g/mol. The van der Waals surface area contributed by atoms with Crippen molar-refractivity contribution in [3.63, 3.8) is 0 Å². The maximum Gasteiger partial charge on any atom is 0.269 e. The van der Waals surface area contributed by atoms with Crippen LogP contribution in [0.25, 0.3) is 0 Å². The topological polar surface area (TPSA) is 113 Å². The number of hydrogen-bond donors (Lipinski definition) is 1. The lowest BCUT2D eigenvalue weighted by Gasteiger charge is -2.30. The zero-order valence-electron chi connectivity index (χ0n) is 19.5. The molecule has 1 heterocycles. The van der Waals surface area contributed by atoms with Gasteiger partial charge in [0, 0.05) is 13.1 Å². The Balaban J connectivity index is 1.87. The Kier molecular flexibility index (Phi) is 7.93. The highest BCUT2D eigenvalue weighted by Gasteiger charge is 2.43. The third kappa shape index (κ3) is 5.22. The molecule has 0 saturated carbocycles. The lowest BCUT2D eigenvalue weighted by Crippen LogP contribution is -2.51. The number of carbonyl (C=O) groups is 3. The average molecular weight is 488 g/mol.